The number of allylic oxidation sites excluding steroid dienone is 2. The van der Waals surface area contributed by atoms with Crippen molar-refractivity contribution < 1.29 is 9.72 Å². The number of rotatable bonds is 3. The lowest BCUT2D eigenvalue weighted by Crippen LogP contribution is -2.23. The van der Waals surface area contributed by atoms with Gasteiger partial charge in [-0.15, -0.1) is 0 Å². The van der Waals surface area contributed by atoms with Gasteiger partial charge in [-0.05, 0) is 25.3 Å². The van der Waals surface area contributed by atoms with Gasteiger partial charge >= 0.3 is 0 Å². The van der Waals surface area contributed by atoms with Crippen LogP contribution in [0.3, 0.4) is 0 Å². The number of nitro groups is 1. The monoisotopic (exact) mass is 246 g/mol. The van der Waals surface area contributed by atoms with Gasteiger partial charge in [-0.25, -0.2) is 0 Å². The summed E-state index contributed by atoms with van der Waals surface area (Å²) in [5.41, 5.74) is 0.458. The van der Waals surface area contributed by atoms with Crippen molar-refractivity contribution in [3.8, 4) is 0 Å². The highest BCUT2D eigenvalue weighted by Gasteiger charge is 2.19. The minimum atomic E-state index is -0.473. The molecule has 5 heteroatoms. The van der Waals surface area contributed by atoms with Crippen LogP contribution in [0, 0.1) is 16.0 Å². The molecule has 1 unspecified atom stereocenters. The number of nitrogens with one attached hydrogen (secondary N) is 1. The third-order valence-corrected chi connectivity index (χ3v) is 2.96. The first kappa shape index (κ1) is 12.3. The van der Waals surface area contributed by atoms with E-state index < -0.39 is 4.92 Å². The summed E-state index contributed by atoms with van der Waals surface area (Å²) in [5, 5.41) is 13.4. The maximum absolute atomic E-state index is 11.9. The lowest BCUT2D eigenvalue weighted by molar-refractivity contribution is -0.384. The van der Waals surface area contributed by atoms with Gasteiger partial charge in [-0.2, -0.15) is 0 Å². The van der Waals surface area contributed by atoms with E-state index in [1.807, 2.05) is 6.08 Å². The number of hydrogen-bond donors (Lipinski definition) is 1. The zero-order valence-corrected chi connectivity index (χ0v) is 9.83. The highest BCUT2D eigenvalue weighted by atomic mass is 16.6. The normalized spacial score (nSPS) is 18.3. The van der Waals surface area contributed by atoms with Crippen molar-refractivity contribution >= 4 is 17.3 Å². The second-order valence-corrected chi connectivity index (χ2v) is 4.28. The molecular formula is C13H14N2O3. The van der Waals surface area contributed by atoms with Crippen LogP contribution in [0.4, 0.5) is 11.4 Å². The zero-order chi connectivity index (χ0) is 13.0. The van der Waals surface area contributed by atoms with Gasteiger partial charge in [0, 0.05) is 23.7 Å². The second-order valence-electron chi connectivity index (χ2n) is 4.28. The molecule has 0 radical (unpaired) electrons. The van der Waals surface area contributed by atoms with E-state index in [4.69, 9.17) is 0 Å². The number of hydrogen-bond acceptors (Lipinski definition) is 3. The van der Waals surface area contributed by atoms with Crippen LogP contribution < -0.4 is 5.32 Å². The number of carbonyl (C=O) groups excluding carboxylic acids is 1. The summed E-state index contributed by atoms with van der Waals surface area (Å²) in [7, 11) is 0. The number of carbonyl (C=O) groups is 1. The maximum Gasteiger partial charge on any atom is 0.271 e. The Hall–Kier alpha value is -2.17. The van der Waals surface area contributed by atoms with Crippen LogP contribution in [0.1, 0.15) is 19.3 Å². The van der Waals surface area contributed by atoms with E-state index in [0.29, 0.717) is 5.69 Å². The van der Waals surface area contributed by atoms with Crippen molar-refractivity contribution in [3.05, 3.63) is 46.5 Å². The smallest absolute Gasteiger partial charge is 0.271 e. The molecule has 0 saturated heterocycles. The molecule has 1 atom stereocenters. The van der Waals surface area contributed by atoms with Gasteiger partial charge in [0.15, 0.2) is 0 Å². The lowest BCUT2D eigenvalue weighted by Gasteiger charge is -2.17. The Morgan fingerprint density at radius 3 is 2.89 bits per heavy atom. The fraction of sp³-hybridized carbons (Fsp3) is 0.308. The van der Waals surface area contributed by atoms with E-state index in [9.17, 15) is 14.9 Å². The van der Waals surface area contributed by atoms with Crippen LogP contribution in [0.2, 0.25) is 0 Å². The fourth-order valence-corrected chi connectivity index (χ4v) is 1.97. The molecule has 1 aliphatic rings. The molecule has 0 spiro atoms. The third kappa shape index (κ3) is 2.94. The van der Waals surface area contributed by atoms with Gasteiger partial charge in [0.05, 0.1) is 4.92 Å². The van der Waals surface area contributed by atoms with Crippen LogP contribution in [0.25, 0.3) is 0 Å². The molecule has 0 bridgehead atoms. The minimum Gasteiger partial charge on any atom is -0.326 e. The first-order valence-electron chi connectivity index (χ1n) is 5.87. The fourth-order valence-electron chi connectivity index (χ4n) is 1.97. The summed E-state index contributed by atoms with van der Waals surface area (Å²) in [6, 6.07) is 5.99. The molecule has 18 heavy (non-hydrogen) atoms. The molecule has 1 amide bonds. The summed E-state index contributed by atoms with van der Waals surface area (Å²) in [6.45, 7) is 0. The standard InChI is InChI=1S/C13H14N2O3/c16-13(10-5-2-1-3-6-10)14-11-7-4-8-12(9-11)15(17)18/h1-2,4,7-10H,3,5-6H2,(H,14,16). The summed E-state index contributed by atoms with van der Waals surface area (Å²) < 4.78 is 0. The number of nitrogens with zero attached hydrogens (tertiary/aromatic N) is 1. The van der Waals surface area contributed by atoms with Gasteiger partial charge in [0.1, 0.15) is 0 Å². The Bertz CT molecular complexity index is 497. The predicted molar refractivity (Wildman–Crippen MR) is 68.2 cm³/mol. The molecule has 0 fully saturated rings. The van der Waals surface area contributed by atoms with E-state index in [-0.39, 0.29) is 17.5 Å². The van der Waals surface area contributed by atoms with Crippen molar-refractivity contribution in [2.45, 2.75) is 19.3 Å². The molecule has 0 heterocycles. The molecule has 0 saturated carbocycles. The highest BCUT2D eigenvalue weighted by Crippen LogP contribution is 2.22. The van der Waals surface area contributed by atoms with Gasteiger partial charge in [-0.3, -0.25) is 14.9 Å². The van der Waals surface area contributed by atoms with Gasteiger partial charge in [0.2, 0.25) is 5.91 Å². The van der Waals surface area contributed by atoms with Crippen molar-refractivity contribution in [2.75, 3.05) is 5.32 Å². The van der Waals surface area contributed by atoms with E-state index >= 15 is 0 Å². The number of anilines is 1. The summed E-state index contributed by atoms with van der Waals surface area (Å²) in [6.07, 6.45) is 6.55. The Labute approximate surface area is 105 Å². The predicted octanol–water partition coefficient (Wildman–Crippen LogP) is 2.89. The van der Waals surface area contributed by atoms with Crippen molar-refractivity contribution in [1.29, 1.82) is 0 Å². The number of benzene rings is 1. The molecular weight excluding hydrogens is 232 g/mol. The number of nitro benzene ring substituents is 1. The van der Waals surface area contributed by atoms with E-state index in [2.05, 4.69) is 11.4 Å². The molecule has 0 aromatic heterocycles. The Morgan fingerprint density at radius 2 is 2.22 bits per heavy atom. The van der Waals surface area contributed by atoms with Crippen LogP contribution in [0.5, 0.6) is 0 Å². The van der Waals surface area contributed by atoms with Gasteiger partial charge < -0.3 is 5.32 Å². The quantitative estimate of drug-likeness (QED) is 0.506. The van der Waals surface area contributed by atoms with E-state index in [1.54, 1.807) is 12.1 Å². The molecule has 1 aliphatic carbocycles. The molecule has 1 N–H and O–H groups in total. The zero-order valence-electron chi connectivity index (χ0n) is 9.83. The average Bonchev–Trinajstić information content (AvgIpc) is 2.40. The highest BCUT2D eigenvalue weighted by molar-refractivity contribution is 5.93. The molecule has 1 aromatic rings. The van der Waals surface area contributed by atoms with Crippen LogP contribution in [-0.2, 0) is 4.79 Å². The van der Waals surface area contributed by atoms with Crippen molar-refractivity contribution in [3.63, 3.8) is 0 Å². The summed E-state index contributed by atoms with van der Waals surface area (Å²) in [4.78, 5) is 22.1. The molecule has 1 aromatic carbocycles. The topological polar surface area (TPSA) is 72.2 Å². The Kier molecular flexibility index (Phi) is 3.72. The average molecular weight is 246 g/mol. The SMILES string of the molecule is O=C(Nc1cccc([N+](=O)[O-])c1)C1CC=CCC1. The number of amides is 1. The Balaban J connectivity index is 2.04. The van der Waals surface area contributed by atoms with E-state index in [1.165, 1.54) is 12.1 Å². The molecule has 0 aliphatic heterocycles. The van der Waals surface area contributed by atoms with Gasteiger partial charge in [-0.1, -0.05) is 18.2 Å². The van der Waals surface area contributed by atoms with Crippen LogP contribution >= 0.6 is 0 Å². The number of non-ortho nitro benzene ring substituents is 1. The minimum absolute atomic E-state index is 0.0173. The maximum atomic E-state index is 11.9. The van der Waals surface area contributed by atoms with Crippen molar-refractivity contribution in [2.24, 2.45) is 5.92 Å². The van der Waals surface area contributed by atoms with Crippen LogP contribution in [0.15, 0.2) is 36.4 Å². The molecule has 5 nitrogen and oxygen atoms in total. The molecule has 2 rings (SSSR count). The first-order chi connectivity index (χ1) is 8.66. The van der Waals surface area contributed by atoms with Gasteiger partial charge in [0.25, 0.3) is 5.69 Å². The lowest BCUT2D eigenvalue weighted by atomic mass is 9.93. The largest absolute Gasteiger partial charge is 0.326 e. The van der Waals surface area contributed by atoms with E-state index in [0.717, 1.165) is 19.3 Å². The Morgan fingerprint density at radius 1 is 1.39 bits per heavy atom. The third-order valence-electron chi connectivity index (χ3n) is 2.96. The second kappa shape index (κ2) is 5.44. The molecule has 94 valence electrons. The van der Waals surface area contributed by atoms with Crippen molar-refractivity contribution in [1.82, 2.24) is 0 Å². The summed E-state index contributed by atoms with van der Waals surface area (Å²) >= 11 is 0. The summed E-state index contributed by atoms with van der Waals surface area (Å²) in [5.74, 6) is -0.103. The van der Waals surface area contributed by atoms with Crippen LogP contribution in [-0.4, -0.2) is 10.8 Å². The first-order valence-corrected chi connectivity index (χ1v) is 5.87.